The van der Waals surface area contributed by atoms with Crippen molar-refractivity contribution < 1.29 is 13.6 Å². The average molecular weight is 361 g/mol. The van der Waals surface area contributed by atoms with Crippen LogP contribution in [-0.4, -0.2) is 28.2 Å². The lowest BCUT2D eigenvalue weighted by atomic mass is 10.1. The largest absolute Gasteiger partial charge is 0.355 e. The molecule has 0 unspecified atom stereocenters. The Morgan fingerprint density at radius 1 is 1.24 bits per heavy atom. The number of aryl methyl sites for hydroxylation is 1. The number of nitrogens with zero attached hydrogens (tertiary/aromatic N) is 1. The first-order valence-corrected chi connectivity index (χ1v) is 8.80. The summed E-state index contributed by atoms with van der Waals surface area (Å²) in [6, 6.07) is 10.1. The number of fused-ring (bicyclic) bond motifs is 1. The van der Waals surface area contributed by atoms with E-state index >= 15 is 0 Å². The Morgan fingerprint density at radius 3 is 2.80 bits per heavy atom. The molecule has 7 heteroatoms. The summed E-state index contributed by atoms with van der Waals surface area (Å²) in [5.74, 6) is -1.80. The second kappa shape index (κ2) is 7.65. The second-order valence-electron chi connectivity index (χ2n) is 5.64. The molecule has 1 amide bonds. The van der Waals surface area contributed by atoms with E-state index in [0.29, 0.717) is 22.7 Å². The lowest BCUT2D eigenvalue weighted by molar-refractivity contribution is -0.118. The molecule has 0 saturated carbocycles. The summed E-state index contributed by atoms with van der Waals surface area (Å²) in [7, 11) is 0. The molecule has 4 nitrogen and oxygen atoms in total. The molecule has 2 N–H and O–H groups in total. The number of carbonyl (C=O) groups is 1. The number of hydrogen-bond donors (Lipinski definition) is 2. The van der Waals surface area contributed by atoms with Gasteiger partial charge in [0, 0.05) is 18.7 Å². The highest BCUT2D eigenvalue weighted by atomic mass is 32.2. The topological polar surface area (TPSA) is 57.8 Å². The van der Waals surface area contributed by atoms with E-state index in [1.165, 1.54) is 22.9 Å². The van der Waals surface area contributed by atoms with Crippen LogP contribution < -0.4 is 5.32 Å². The van der Waals surface area contributed by atoms with E-state index in [9.17, 15) is 13.6 Å². The van der Waals surface area contributed by atoms with E-state index in [0.717, 1.165) is 18.6 Å². The Kier molecular flexibility index (Phi) is 5.33. The first-order chi connectivity index (χ1) is 12.0. The summed E-state index contributed by atoms with van der Waals surface area (Å²) in [6.07, 6.45) is 0.770. The van der Waals surface area contributed by atoms with Gasteiger partial charge >= 0.3 is 0 Å². The predicted octanol–water partition coefficient (Wildman–Crippen LogP) is 3.60. The standard InChI is InChI=1S/C18H17F2N3OS/c1-11-4-2-3-5-12(11)6-7-21-17(24)10-25-18-22-15-8-13(19)14(20)9-16(15)23-18/h2-5,8-9H,6-7,10H2,1H3,(H,21,24)(H,22,23). The number of aromatic amines is 1. The zero-order chi connectivity index (χ0) is 17.8. The van der Waals surface area contributed by atoms with Gasteiger partial charge in [0.25, 0.3) is 0 Å². The van der Waals surface area contributed by atoms with E-state index in [1.807, 2.05) is 31.2 Å². The van der Waals surface area contributed by atoms with Crippen LogP contribution in [0.1, 0.15) is 11.1 Å². The van der Waals surface area contributed by atoms with Gasteiger partial charge < -0.3 is 10.3 Å². The third-order valence-corrected chi connectivity index (χ3v) is 4.69. The van der Waals surface area contributed by atoms with Gasteiger partial charge in [-0.25, -0.2) is 13.8 Å². The van der Waals surface area contributed by atoms with Crippen molar-refractivity contribution in [3.05, 3.63) is 59.2 Å². The Morgan fingerprint density at radius 2 is 2.00 bits per heavy atom. The van der Waals surface area contributed by atoms with Gasteiger partial charge in [0.05, 0.1) is 16.8 Å². The van der Waals surface area contributed by atoms with Crippen molar-refractivity contribution in [2.45, 2.75) is 18.5 Å². The van der Waals surface area contributed by atoms with Crippen LogP contribution in [0.3, 0.4) is 0 Å². The Labute approximate surface area is 148 Å². The number of amides is 1. The van der Waals surface area contributed by atoms with Crippen molar-refractivity contribution in [2.24, 2.45) is 0 Å². The molecule has 0 spiro atoms. The van der Waals surface area contributed by atoms with Crippen molar-refractivity contribution >= 4 is 28.7 Å². The van der Waals surface area contributed by atoms with Crippen LogP contribution in [0.5, 0.6) is 0 Å². The Bertz CT molecular complexity index is 871. The molecule has 0 saturated heterocycles. The lowest BCUT2D eigenvalue weighted by Crippen LogP contribution is -2.27. The quantitative estimate of drug-likeness (QED) is 0.660. The molecule has 0 radical (unpaired) electrons. The van der Waals surface area contributed by atoms with Crippen molar-refractivity contribution in [2.75, 3.05) is 12.3 Å². The summed E-state index contributed by atoms with van der Waals surface area (Å²) in [5.41, 5.74) is 3.15. The zero-order valence-electron chi connectivity index (χ0n) is 13.6. The van der Waals surface area contributed by atoms with Crippen molar-refractivity contribution in [1.29, 1.82) is 0 Å². The van der Waals surface area contributed by atoms with Crippen LogP contribution in [0, 0.1) is 18.6 Å². The Hall–Kier alpha value is -2.41. The van der Waals surface area contributed by atoms with E-state index in [-0.39, 0.29) is 11.7 Å². The molecular formula is C18H17F2N3OS. The molecule has 25 heavy (non-hydrogen) atoms. The van der Waals surface area contributed by atoms with Gasteiger partial charge in [0.2, 0.25) is 5.91 Å². The molecule has 0 aliphatic carbocycles. The molecule has 0 aliphatic heterocycles. The summed E-state index contributed by atoms with van der Waals surface area (Å²) in [6.45, 7) is 2.60. The highest BCUT2D eigenvalue weighted by Gasteiger charge is 2.10. The molecule has 1 heterocycles. The molecular weight excluding hydrogens is 344 g/mol. The van der Waals surface area contributed by atoms with Gasteiger partial charge in [-0.05, 0) is 24.5 Å². The van der Waals surface area contributed by atoms with Crippen LogP contribution in [0.25, 0.3) is 11.0 Å². The molecule has 1 aromatic heterocycles. The fraction of sp³-hybridized carbons (Fsp3) is 0.222. The minimum absolute atomic E-state index is 0.114. The number of nitrogens with one attached hydrogen (secondary N) is 2. The number of halogens is 2. The predicted molar refractivity (Wildman–Crippen MR) is 94.6 cm³/mol. The number of hydrogen-bond acceptors (Lipinski definition) is 3. The van der Waals surface area contributed by atoms with Crippen molar-refractivity contribution in [3.63, 3.8) is 0 Å². The maximum atomic E-state index is 13.2. The summed E-state index contributed by atoms with van der Waals surface area (Å²) >= 11 is 1.19. The minimum Gasteiger partial charge on any atom is -0.355 e. The van der Waals surface area contributed by atoms with Gasteiger partial charge in [-0.3, -0.25) is 4.79 Å². The van der Waals surface area contributed by atoms with Crippen LogP contribution in [0.2, 0.25) is 0 Å². The van der Waals surface area contributed by atoms with Crippen LogP contribution in [0.15, 0.2) is 41.6 Å². The molecule has 3 aromatic rings. The van der Waals surface area contributed by atoms with E-state index < -0.39 is 11.6 Å². The summed E-state index contributed by atoms with van der Waals surface area (Å²) in [5, 5.41) is 3.31. The van der Waals surface area contributed by atoms with Crippen molar-refractivity contribution in [1.82, 2.24) is 15.3 Å². The summed E-state index contributed by atoms with van der Waals surface area (Å²) < 4.78 is 26.4. The first kappa shape index (κ1) is 17.4. The normalized spacial score (nSPS) is 11.0. The van der Waals surface area contributed by atoms with Gasteiger partial charge in [0.15, 0.2) is 16.8 Å². The minimum atomic E-state index is -0.940. The number of H-pyrrole nitrogens is 1. The summed E-state index contributed by atoms with van der Waals surface area (Å²) in [4.78, 5) is 18.9. The fourth-order valence-electron chi connectivity index (χ4n) is 2.46. The third-order valence-electron chi connectivity index (χ3n) is 3.82. The fourth-order valence-corrected chi connectivity index (χ4v) is 3.18. The first-order valence-electron chi connectivity index (χ1n) is 7.81. The second-order valence-corrected chi connectivity index (χ2v) is 6.60. The monoisotopic (exact) mass is 361 g/mol. The number of benzene rings is 2. The number of thioether (sulfide) groups is 1. The lowest BCUT2D eigenvalue weighted by Gasteiger charge is -2.07. The highest BCUT2D eigenvalue weighted by molar-refractivity contribution is 7.99. The van der Waals surface area contributed by atoms with E-state index in [4.69, 9.17) is 0 Å². The number of rotatable bonds is 6. The molecule has 0 aliphatic rings. The smallest absolute Gasteiger partial charge is 0.230 e. The van der Waals surface area contributed by atoms with Crippen LogP contribution in [-0.2, 0) is 11.2 Å². The maximum absolute atomic E-state index is 13.2. The maximum Gasteiger partial charge on any atom is 0.230 e. The van der Waals surface area contributed by atoms with E-state index in [1.54, 1.807) is 0 Å². The Balaban J connectivity index is 1.50. The number of imidazole rings is 1. The van der Waals surface area contributed by atoms with Gasteiger partial charge in [-0.15, -0.1) is 0 Å². The molecule has 2 aromatic carbocycles. The highest BCUT2D eigenvalue weighted by Crippen LogP contribution is 2.21. The SMILES string of the molecule is Cc1ccccc1CCNC(=O)CSc1nc2cc(F)c(F)cc2[nH]1. The molecule has 0 bridgehead atoms. The van der Waals surface area contributed by atoms with Crippen molar-refractivity contribution in [3.8, 4) is 0 Å². The zero-order valence-corrected chi connectivity index (χ0v) is 14.4. The van der Waals surface area contributed by atoms with E-state index in [2.05, 4.69) is 15.3 Å². The average Bonchev–Trinajstić information content (AvgIpc) is 2.97. The molecule has 3 rings (SSSR count). The van der Waals surface area contributed by atoms with Gasteiger partial charge in [-0.1, -0.05) is 36.0 Å². The number of carbonyl (C=O) groups excluding carboxylic acids is 1. The van der Waals surface area contributed by atoms with Gasteiger partial charge in [0.1, 0.15) is 0 Å². The molecule has 130 valence electrons. The molecule has 0 fully saturated rings. The van der Waals surface area contributed by atoms with Crippen LogP contribution >= 0.6 is 11.8 Å². The molecule has 0 atom stereocenters. The van der Waals surface area contributed by atoms with Gasteiger partial charge in [-0.2, -0.15) is 0 Å². The third kappa shape index (κ3) is 4.36. The van der Waals surface area contributed by atoms with Crippen LogP contribution in [0.4, 0.5) is 8.78 Å². The number of aromatic nitrogens is 2.